The molecule has 1 N–H and O–H groups in total. The molecule has 0 bridgehead atoms. The van der Waals surface area contributed by atoms with Crippen molar-refractivity contribution >= 4 is 33.4 Å². The number of nitrogens with one attached hydrogen (secondary N) is 1. The molecule has 1 aliphatic rings. The Kier molecular flexibility index (Phi) is 7.39. The molecule has 1 fully saturated rings. The van der Waals surface area contributed by atoms with Crippen molar-refractivity contribution in [3.63, 3.8) is 0 Å². The van der Waals surface area contributed by atoms with Crippen LogP contribution in [0.3, 0.4) is 0 Å². The molecule has 1 aromatic heterocycles. The number of amides is 1. The standard InChI is InChI=1S/C21H28N2O4S/c1-26-12-11-22-18(24)15-27-20(25)14-21(9-5-2-6-10-21)13-19-23-16-7-3-4-8-17(16)28-19/h3-4,7-8H,2,5-6,9-15H2,1H3,(H,22,24). The van der Waals surface area contributed by atoms with Crippen molar-refractivity contribution in [3.05, 3.63) is 29.3 Å². The lowest BCUT2D eigenvalue weighted by Crippen LogP contribution is -2.34. The zero-order valence-electron chi connectivity index (χ0n) is 16.4. The van der Waals surface area contributed by atoms with E-state index in [-0.39, 0.29) is 23.9 Å². The number of aromatic nitrogens is 1. The van der Waals surface area contributed by atoms with Crippen molar-refractivity contribution in [2.75, 3.05) is 26.9 Å². The summed E-state index contributed by atoms with van der Waals surface area (Å²) in [6, 6.07) is 8.13. The molecule has 0 unspecified atom stereocenters. The van der Waals surface area contributed by atoms with Crippen LogP contribution in [0.15, 0.2) is 24.3 Å². The maximum absolute atomic E-state index is 12.5. The van der Waals surface area contributed by atoms with Gasteiger partial charge in [0.2, 0.25) is 0 Å². The number of esters is 1. The minimum atomic E-state index is -0.301. The molecule has 1 heterocycles. The summed E-state index contributed by atoms with van der Waals surface area (Å²) in [5, 5.41) is 3.73. The number of carbonyl (C=O) groups excluding carboxylic acids is 2. The lowest BCUT2D eigenvalue weighted by Gasteiger charge is -2.36. The van der Waals surface area contributed by atoms with Gasteiger partial charge < -0.3 is 14.8 Å². The highest BCUT2D eigenvalue weighted by molar-refractivity contribution is 7.18. The van der Waals surface area contributed by atoms with Crippen LogP contribution in [0.5, 0.6) is 0 Å². The Hall–Kier alpha value is -1.99. The summed E-state index contributed by atoms with van der Waals surface area (Å²) in [6.07, 6.45) is 6.58. The first kappa shape index (κ1) is 20.7. The zero-order chi connectivity index (χ0) is 19.8. The van der Waals surface area contributed by atoms with Gasteiger partial charge in [-0.05, 0) is 30.4 Å². The second-order valence-electron chi connectivity index (χ2n) is 7.49. The van der Waals surface area contributed by atoms with Gasteiger partial charge >= 0.3 is 5.97 Å². The molecule has 0 radical (unpaired) electrons. The Labute approximate surface area is 169 Å². The van der Waals surface area contributed by atoms with E-state index in [1.54, 1.807) is 18.4 Å². The van der Waals surface area contributed by atoms with E-state index in [1.165, 1.54) is 11.1 Å². The molecular weight excluding hydrogens is 376 g/mol. The number of nitrogens with zero attached hydrogens (tertiary/aromatic N) is 1. The Balaban J connectivity index is 1.59. The number of benzene rings is 1. The van der Waals surface area contributed by atoms with E-state index in [1.807, 2.05) is 18.2 Å². The van der Waals surface area contributed by atoms with Crippen molar-refractivity contribution in [1.82, 2.24) is 10.3 Å². The van der Waals surface area contributed by atoms with Crippen LogP contribution < -0.4 is 5.32 Å². The molecule has 1 saturated carbocycles. The number of ether oxygens (including phenoxy) is 2. The molecule has 0 atom stereocenters. The van der Waals surface area contributed by atoms with Gasteiger partial charge in [-0.3, -0.25) is 9.59 Å². The van der Waals surface area contributed by atoms with Crippen LogP contribution in [0, 0.1) is 5.41 Å². The molecule has 0 aliphatic heterocycles. The van der Waals surface area contributed by atoms with Crippen LogP contribution in [0.2, 0.25) is 0 Å². The fourth-order valence-corrected chi connectivity index (χ4v) is 5.02. The smallest absolute Gasteiger partial charge is 0.306 e. The Morgan fingerprint density at radius 1 is 1.21 bits per heavy atom. The summed E-state index contributed by atoms with van der Waals surface area (Å²) in [4.78, 5) is 29.0. The van der Waals surface area contributed by atoms with Crippen molar-refractivity contribution < 1.29 is 19.1 Å². The number of thiazole rings is 1. The molecule has 6 nitrogen and oxygen atoms in total. The molecule has 1 amide bonds. The van der Waals surface area contributed by atoms with Gasteiger partial charge in [0.25, 0.3) is 5.91 Å². The fraction of sp³-hybridized carbons (Fsp3) is 0.571. The minimum Gasteiger partial charge on any atom is -0.456 e. The quantitative estimate of drug-likeness (QED) is 0.511. The summed E-state index contributed by atoms with van der Waals surface area (Å²) in [7, 11) is 1.57. The molecule has 152 valence electrons. The van der Waals surface area contributed by atoms with Gasteiger partial charge in [0.1, 0.15) is 0 Å². The topological polar surface area (TPSA) is 77.5 Å². The van der Waals surface area contributed by atoms with E-state index in [0.29, 0.717) is 19.6 Å². The normalized spacial score (nSPS) is 16.0. The van der Waals surface area contributed by atoms with Gasteiger partial charge in [0.05, 0.1) is 28.3 Å². The van der Waals surface area contributed by atoms with Crippen molar-refractivity contribution in [3.8, 4) is 0 Å². The maximum Gasteiger partial charge on any atom is 0.306 e. The number of hydrogen-bond acceptors (Lipinski definition) is 6. The van der Waals surface area contributed by atoms with Gasteiger partial charge in [-0.15, -0.1) is 11.3 Å². The zero-order valence-corrected chi connectivity index (χ0v) is 17.2. The summed E-state index contributed by atoms with van der Waals surface area (Å²) in [6.45, 7) is 0.610. The molecule has 28 heavy (non-hydrogen) atoms. The van der Waals surface area contributed by atoms with E-state index >= 15 is 0 Å². The van der Waals surface area contributed by atoms with Gasteiger partial charge in [-0.2, -0.15) is 0 Å². The number of methoxy groups -OCH3 is 1. The van der Waals surface area contributed by atoms with E-state index in [0.717, 1.165) is 42.6 Å². The van der Waals surface area contributed by atoms with Gasteiger partial charge in [0.15, 0.2) is 6.61 Å². The van der Waals surface area contributed by atoms with Crippen LogP contribution in [-0.2, 0) is 25.5 Å². The van der Waals surface area contributed by atoms with Crippen LogP contribution in [0.1, 0.15) is 43.5 Å². The molecule has 2 aromatic rings. The monoisotopic (exact) mass is 404 g/mol. The van der Waals surface area contributed by atoms with E-state index in [4.69, 9.17) is 14.5 Å². The van der Waals surface area contributed by atoms with Crippen LogP contribution in [0.4, 0.5) is 0 Å². The minimum absolute atomic E-state index is 0.115. The van der Waals surface area contributed by atoms with E-state index in [2.05, 4.69) is 11.4 Å². The third-order valence-corrected chi connectivity index (χ3v) is 6.33. The number of carbonyl (C=O) groups is 2. The molecule has 0 spiro atoms. The Morgan fingerprint density at radius 3 is 2.75 bits per heavy atom. The maximum atomic E-state index is 12.5. The summed E-state index contributed by atoms with van der Waals surface area (Å²) in [5.41, 5.74) is 0.902. The first-order valence-corrected chi connectivity index (χ1v) is 10.7. The fourth-order valence-electron chi connectivity index (χ4n) is 3.88. The van der Waals surface area contributed by atoms with Crippen molar-refractivity contribution in [2.24, 2.45) is 5.41 Å². The molecule has 3 rings (SSSR count). The summed E-state index contributed by atoms with van der Waals surface area (Å²) in [5.74, 6) is -0.598. The molecule has 1 aromatic carbocycles. The lowest BCUT2D eigenvalue weighted by atomic mass is 9.70. The highest BCUT2D eigenvalue weighted by Gasteiger charge is 2.36. The van der Waals surface area contributed by atoms with Crippen LogP contribution in [-0.4, -0.2) is 43.7 Å². The Bertz CT molecular complexity index is 766. The second-order valence-corrected chi connectivity index (χ2v) is 8.61. The number of hydrogen-bond donors (Lipinski definition) is 1. The third-order valence-electron chi connectivity index (χ3n) is 5.29. The highest BCUT2D eigenvalue weighted by Crippen LogP contribution is 2.43. The van der Waals surface area contributed by atoms with Crippen LogP contribution >= 0.6 is 11.3 Å². The first-order chi connectivity index (χ1) is 13.6. The van der Waals surface area contributed by atoms with E-state index in [9.17, 15) is 9.59 Å². The van der Waals surface area contributed by atoms with Crippen LogP contribution in [0.25, 0.3) is 10.2 Å². The molecule has 0 saturated heterocycles. The molecule has 1 aliphatic carbocycles. The van der Waals surface area contributed by atoms with Crippen molar-refractivity contribution in [1.29, 1.82) is 0 Å². The average molecular weight is 405 g/mol. The third kappa shape index (κ3) is 5.75. The SMILES string of the molecule is COCCNC(=O)COC(=O)CC1(Cc2nc3ccccc3s2)CCCCC1. The van der Waals surface area contributed by atoms with Crippen molar-refractivity contribution in [2.45, 2.75) is 44.9 Å². The summed E-state index contributed by atoms with van der Waals surface area (Å²) < 4.78 is 11.3. The predicted molar refractivity (Wildman–Crippen MR) is 109 cm³/mol. The summed E-state index contributed by atoms with van der Waals surface area (Å²) >= 11 is 1.71. The predicted octanol–water partition coefficient (Wildman–Crippen LogP) is 3.49. The van der Waals surface area contributed by atoms with Gasteiger partial charge in [0, 0.05) is 20.1 Å². The van der Waals surface area contributed by atoms with Gasteiger partial charge in [-0.25, -0.2) is 4.98 Å². The highest BCUT2D eigenvalue weighted by atomic mass is 32.1. The van der Waals surface area contributed by atoms with E-state index < -0.39 is 0 Å². The molecule has 7 heteroatoms. The first-order valence-electron chi connectivity index (χ1n) is 9.86. The Morgan fingerprint density at radius 2 is 2.00 bits per heavy atom. The lowest BCUT2D eigenvalue weighted by molar-refractivity contribution is -0.151. The number of para-hydroxylation sites is 1. The number of fused-ring (bicyclic) bond motifs is 1. The second kappa shape index (κ2) is 9.98. The average Bonchev–Trinajstić information content (AvgIpc) is 3.09. The largest absolute Gasteiger partial charge is 0.456 e. The van der Waals surface area contributed by atoms with Gasteiger partial charge in [-0.1, -0.05) is 31.4 Å². The number of rotatable bonds is 9. The molecular formula is C21H28N2O4S.